The molecule has 2 aromatic rings. The molecule has 0 fully saturated rings. The fourth-order valence-electron chi connectivity index (χ4n) is 2.01. The van der Waals surface area contributed by atoms with E-state index in [0.717, 1.165) is 29.0 Å². The van der Waals surface area contributed by atoms with E-state index in [1.165, 1.54) is 0 Å². The van der Waals surface area contributed by atoms with Crippen LogP contribution in [0.5, 0.6) is 5.75 Å². The first-order valence-corrected chi connectivity index (χ1v) is 6.41. The van der Waals surface area contributed by atoms with E-state index in [0.29, 0.717) is 0 Å². The zero-order chi connectivity index (χ0) is 13.7. The Balaban J connectivity index is 2.21. The second kappa shape index (κ2) is 6.10. The number of rotatable bonds is 5. The van der Waals surface area contributed by atoms with Crippen LogP contribution in [0.2, 0.25) is 0 Å². The van der Waals surface area contributed by atoms with Crippen LogP contribution in [0.1, 0.15) is 24.2 Å². The highest BCUT2D eigenvalue weighted by Gasteiger charge is 2.09. The lowest BCUT2D eigenvalue weighted by Gasteiger charge is -2.17. The summed E-state index contributed by atoms with van der Waals surface area (Å²) < 4.78 is 6.04. The molecule has 0 heterocycles. The summed E-state index contributed by atoms with van der Waals surface area (Å²) >= 11 is 0. The molecule has 2 rings (SSSR count). The molecule has 2 aromatic carbocycles. The number of benzene rings is 2. The van der Waals surface area contributed by atoms with Gasteiger partial charge >= 0.3 is 0 Å². The second-order valence-electron chi connectivity index (χ2n) is 4.53. The van der Waals surface area contributed by atoms with Gasteiger partial charge in [-0.2, -0.15) is 0 Å². The number of hydrogen-bond acceptors (Lipinski definition) is 2. The van der Waals surface area contributed by atoms with E-state index in [9.17, 15) is 0 Å². The van der Waals surface area contributed by atoms with Gasteiger partial charge in [-0.25, -0.2) is 0 Å². The highest BCUT2D eigenvalue weighted by Crippen LogP contribution is 2.27. The van der Waals surface area contributed by atoms with E-state index in [1.54, 1.807) is 0 Å². The van der Waals surface area contributed by atoms with Crippen molar-refractivity contribution in [1.82, 2.24) is 0 Å². The molecule has 19 heavy (non-hydrogen) atoms. The predicted octanol–water partition coefficient (Wildman–Crippen LogP) is 4.14. The minimum atomic E-state index is 0.00777. The maximum Gasteiger partial charge on any atom is 0.123 e. The number of ether oxygens (including phenoxy) is 1. The Morgan fingerprint density at radius 3 is 2.63 bits per heavy atom. The Morgan fingerprint density at radius 1 is 1.21 bits per heavy atom. The molecule has 98 valence electrons. The van der Waals surface area contributed by atoms with Crippen molar-refractivity contribution < 1.29 is 4.74 Å². The second-order valence-corrected chi connectivity index (χ2v) is 4.53. The molecule has 0 amide bonds. The first-order chi connectivity index (χ1) is 9.20. The van der Waals surface area contributed by atoms with Crippen LogP contribution < -0.4 is 10.5 Å². The molecule has 0 aliphatic heterocycles. The van der Waals surface area contributed by atoms with Crippen molar-refractivity contribution in [3.63, 3.8) is 0 Å². The van der Waals surface area contributed by atoms with Crippen LogP contribution >= 0.6 is 0 Å². The number of nitrogen functional groups attached to an aromatic ring is 1. The van der Waals surface area contributed by atoms with Crippen molar-refractivity contribution in [3.05, 3.63) is 72.3 Å². The minimum absolute atomic E-state index is 0.00777. The molecule has 2 heteroatoms. The van der Waals surface area contributed by atoms with Crippen LogP contribution in [0.25, 0.3) is 0 Å². The molecule has 1 atom stereocenters. The largest absolute Gasteiger partial charge is 0.486 e. The highest BCUT2D eigenvalue weighted by atomic mass is 16.5. The maximum absolute atomic E-state index is 6.04. The summed E-state index contributed by atoms with van der Waals surface area (Å²) in [4.78, 5) is 0. The molecular weight excluding hydrogens is 234 g/mol. The van der Waals surface area contributed by atoms with Crippen LogP contribution in [0, 0.1) is 0 Å². The van der Waals surface area contributed by atoms with Crippen LogP contribution in [0.3, 0.4) is 0 Å². The quantitative estimate of drug-likeness (QED) is 0.642. The van der Waals surface area contributed by atoms with E-state index in [1.807, 2.05) is 49.4 Å². The van der Waals surface area contributed by atoms with Gasteiger partial charge in [0.1, 0.15) is 11.9 Å². The fraction of sp³-hybridized carbons (Fsp3) is 0.176. The lowest BCUT2D eigenvalue weighted by atomic mass is 10.1. The topological polar surface area (TPSA) is 35.2 Å². The van der Waals surface area contributed by atoms with Gasteiger partial charge in [-0.15, -0.1) is 6.58 Å². The van der Waals surface area contributed by atoms with Crippen molar-refractivity contribution in [3.8, 4) is 5.75 Å². The summed E-state index contributed by atoms with van der Waals surface area (Å²) in [6.45, 7) is 5.81. The van der Waals surface area contributed by atoms with Gasteiger partial charge in [0.15, 0.2) is 0 Å². The molecule has 2 N–H and O–H groups in total. The van der Waals surface area contributed by atoms with E-state index < -0.39 is 0 Å². The molecular formula is C17H19NO. The van der Waals surface area contributed by atoms with Crippen molar-refractivity contribution in [2.75, 3.05) is 5.73 Å². The Kier molecular flexibility index (Phi) is 4.24. The first-order valence-electron chi connectivity index (χ1n) is 6.41. The predicted molar refractivity (Wildman–Crippen MR) is 80.2 cm³/mol. The number of allylic oxidation sites excluding steroid dienone is 1. The maximum atomic E-state index is 6.04. The number of anilines is 1. The third kappa shape index (κ3) is 3.38. The normalized spacial score (nSPS) is 11.8. The van der Waals surface area contributed by atoms with Crippen molar-refractivity contribution in [2.24, 2.45) is 0 Å². The number of hydrogen-bond donors (Lipinski definition) is 1. The monoisotopic (exact) mass is 253 g/mol. The van der Waals surface area contributed by atoms with Gasteiger partial charge in [0.2, 0.25) is 0 Å². The van der Waals surface area contributed by atoms with E-state index in [-0.39, 0.29) is 6.10 Å². The molecule has 0 bridgehead atoms. The van der Waals surface area contributed by atoms with Crippen LogP contribution in [0.15, 0.2) is 61.2 Å². The Morgan fingerprint density at radius 2 is 1.95 bits per heavy atom. The average molecular weight is 253 g/mol. The van der Waals surface area contributed by atoms with Crippen molar-refractivity contribution in [2.45, 2.75) is 19.4 Å². The molecule has 0 spiro atoms. The standard InChI is InChI=1S/C17H19NO/c1-3-7-15-12-16(18)10-11-17(15)19-13(2)14-8-5-4-6-9-14/h3-6,8-13H,1,7,18H2,2H3. The van der Waals surface area contributed by atoms with Gasteiger partial charge in [-0.05, 0) is 42.7 Å². The molecule has 2 nitrogen and oxygen atoms in total. The molecule has 0 aliphatic carbocycles. The highest BCUT2D eigenvalue weighted by molar-refractivity contribution is 5.48. The van der Waals surface area contributed by atoms with Crippen LogP contribution in [-0.2, 0) is 6.42 Å². The lowest BCUT2D eigenvalue weighted by molar-refractivity contribution is 0.225. The van der Waals surface area contributed by atoms with Crippen molar-refractivity contribution in [1.29, 1.82) is 0 Å². The summed E-state index contributed by atoms with van der Waals surface area (Å²) in [5.74, 6) is 0.866. The SMILES string of the molecule is C=CCc1cc(N)ccc1OC(C)c1ccccc1. The molecule has 0 radical (unpaired) electrons. The fourth-order valence-corrected chi connectivity index (χ4v) is 2.01. The first kappa shape index (κ1) is 13.2. The summed E-state index contributed by atoms with van der Waals surface area (Å²) in [5.41, 5.74) is 8.78. The minimum Gasteiger partial charge on any atom is -0.486 e. The summed E-state index contributed by atoms with van der Waals surface area (Å²) in [5, 5.41) is 0. The van der Waals surface area contributed by atoms with E-state index in [2.05, 4.69) is 18.7 Å². The molecule has 0 saturated heterocycles. The van der Waals surface area contributed by atoms with Gasteiger partial charge in [-0.3, -0.25) is 0 Å². The van der Waals surface area contributed by atoms with Gasteiger partial charge < -0.3 is 10.5 Å². The van der Waals surface area contributed by atoms with Gasteiger partial charge in [0, 0.05) is 5.69 Å². The van der Waals surface area contributed by atoms with Gasteiger partial charge in [0.05, 0.1) is 0 Å². The van der Waals surface area contributed by atoms with E-state index >= 15 is 0 Å². The molecule has 0 aromatic heterocycles. The Bertz CT molecular complexity index is 548. The van der Waals surface area contributed by atoms with Crippen LogP contribution in [-0.4, -0.2) is 0 Å². The van der Waals surface area contributed by atoms with Gasteiger partial charge in [-0.1, -0.05) is 36.4 Å². The zero-order valence-corrected chi connectivity index (χ0v) is 11.2. The molecule has 0 aliphatic rings. The van der Waals surface area contributed by atoms with Gasteiger partial charge in [0.25, 0.3) is 0 Å². The van der Waals surface area contributed by atoms with Crippen molar-refractivity contribution >= 4 is 5.69 Å². The van der Waals surface area contributed by atoms with Crippen LogP contribution in [0.4, 0.5) is 5.69 Å². The zero-order valence-electron chi connectivity index (χ0n) is 11.2. The summed E-state index contributed by atoms with van der Waals surface area (Å²) in [6, 6.07) is 15.9. The number of nitrogens with two attached hydrogens (primary N) is 1. The Labute approximate surface area is 114 Å². The van der Waals surface area contributed by atoms with E-state index in [4.69, 9.17) is 10.5 Å². The molecule has 0 saturated carbocycles. The summed E-state index contributed by atoms with van der Waals surface area (Å²) in [6.07, 6.45) is 2.62. The lowest BCUT2D eigenvalue weighted by Crippen LogP contribution is -2.05. The third-order valence-corrected chi connectivity index (χ3v) is 3.02. The summed E-state index contributed by atoms with van der Waals surface area (Å²) in [7, 11) is 0. The smallest absolute Gasteiger partial charge is 0.123 e. The average Bonchev–Trinajstić information content (AvgIpc) is 2.43. The molecule has 1 unspecified atom stereocenters. The third-order valence-electron chi connectivity index (χ3n) is 3.02. The Hall–Kier alpha value is -2.22.